The number of H-pyrrole nitrogens is 1. The number of hydrogen-bond acceptors (Lipinski definition) is 7. The van der Waals surface area contributed by atoms with Crippen molar-refractivity contribution in [2.24, 2.45) is 12.0 Å². The number of amides is 1. The number of nitrogens with one attached hydrogen (secondary N) is 2. The number of benzene rings is 3. The second-order valence-electron chi connectivity index (χ2n) is 10.9. The molecule has 0 aliphatic carbocycles. The Balaban J connectivity index is 1.14. The minimum absolute atomic E-state index is 0.0129. The summed E-state index contributed by atoms with van der Waals surface area (Å²) in [5, 5.41) is 18.4. The molecule has 0 unspecified atom stereocenters. The van der Waals surface area contributed by atoms with Crippen molar-refractivity contribution in [2.45, 2.75) is 6.92 Å². The van der Waals surface area contributed by atoms with Gasteiger partial charge in [0, 0.05) is 72.8 Å². The molecule has 1 saturated heterocycles. The monoisotopic (exact) mass is 575 g/mol. The Bertz CT molecular complexity index is 1830. The van der Waals surface area contributed by atoms with Crippen LogP contribution < -0.4 is 10.2 Å². The third-order valence-corrected chi connectivity index (χ3v) is 7.78. The van der Waals surface area contributed by atoms with E-state index in [2.05, 4.69) is 49.4 Å². The lowest BCUT2D eigenvalue weighted by molar-refractivity contribution is 0.101. The number of hydrogen-bond donors (Lipinski definition) is 3. The van der Waals surface area contributed by atoms with Crippen molar-refractivity contribution in [3.05, 3.63) is 101 Å². The van der Waals surface area contributed by atoms with Crippen LogP contribution in [-0.4, -0.2) is 75.9 Å². The van der Waals surface area contributed by atoms with E-state index in [1.165, 1.54) is 10.4 Å². The first kappa shape index (κ1) is 27.9. The van der Waals surface area contributed by atoms with Crippen molar-refractivity contribution in [1.82, 2.24) is 19.7 Å². The highest BCUT2D eigenvalue weighted by Crippen LogP contribution is 2.29. The number of aryl methyl sites for hydroxylation is 2. The van der Waals surface area contributed by atoms with Crippen LogP contribution in [0.2, 0.25) is 0 Å². The number of aromatic amines is 1. The van der Waals surface area contributed by atoms with Crippen molar-refractivity contribution in [1.29, 1.82) is 0 Å². The molecule has 43 heavy (non-hydrogen) atoms. The van der Waals surface area contributed by atoms with Crippen LogP contribution in [0, 0.1) is 6.92 Å². The van der Waals surface area contributed by atoms with E-state index < -0.39 is 0 Å². The van der Waals surface area contributed by atoms with Crippen LogP contribution in [0.5, 0.6) is 5.88 Å². The number of likely N-dealkylation sites (N-methyl/N-ethyl adjacent to an activating group) is 1. The fraction of sp³-hybridized carbons (Fsp3) is 0.212. The molecule has 1 amide bonds. The molecule has 218 valence electrons. The van der Waals surface area contributed by atoms with Gasteiger partial charge in [0.15, 0.2) is 11.7 Å². The standard InChI is InChI=1S/C33H33N7O3/c1-21-18-30(39(3)37-21)33(43)35-25-7-4-22(5-8-25)31(41)23-6-13-27-28(32(42)36-29(27)19-23)20-34-24-9-11-26(12-10-24)40-16-14-38(2)15-17-40/h4-13,18-20,36,42H,14-17H2,1-3H3,(H,35,43). The summed E-state index contributed by atoms with van der Waals surface area (Å²) < 4.78 is 1.53. The van der Waals surface area contributed by atoms with Gasteiger partial charge in [0.05, 0.1) is 16.9 Å². The smallest absolute Gasteiger partial charge is 0.273 e. The normalized spacial score (nSPS) is 14.1. The van der Waals surface area contributed by atoms with Gasteiger partial charge in [-0.25, -0.2) is 0 Å². The first-order valence-electron chi connectivity index (χ1n) is 14.1. The van der Waals surface area contributed by atoms with Crippen LogP contribution in [0.25, 0.3) is 10.9 Å². The van der Waals surface area contributed by atoms with Crippen molar-refractivity contribution in [3.63, 3.8) is 0 Å². The zero-order valence-electron chi connectivity index (χ0n) is 24.3. The highest BCUT2D eigenvalue weighted by molar-refractivity contribution is 6.12. The molecule has 1 aliphatic rings. The maximum absolute atomic E-state index is 13.2. The van der Waals surface area contributed by atoms with Gasteiger partial charge in [0.2, 0.25) is 0 Å². The van der Waals surface area contributed by atoms with Crippen molar-refractivity contribution in [2.75, 3.05) is 43.4 Å². The Morgan fingerprint density at radius 2 is 1.63 bits per heavy atom. The average molecular weight is 576 g/mol. The molecule has 10 nitrogen and oxygen atoms in total. The third kappa shape index (κ3) is 5.91. The van der Waals surface area contributed by atoms with Crippen LogP contribution in [-0.2, 0) is 7.05 Å². The number of aliphatic imine (C=N–C) groups is 1. The molecule has 3 N–H and O–H groups in total. The molecule has 0 spiro atoms. The summed E-state index contributed by atoms with van der Waals surface area (Å²) in [6.07, 6.45) is 1.64. The lowest BCUT2D eigenvalue weighted by Gasteiger charge is -2.34. The zero-order chi connectivity index (χ0) is 30.1. The van der Waals surface area contributed by atoms with E-state index in [9.17, 15) is 14.7 Å². The summed E-state index contributed by atoms with van der Waals surface area (Å²) in [6.45, 7) is 5.93. The lowest BCUT2D eigenvalue weighted by Crippen LogP contribution is -2.44. The molecule has 0 atom stereocenters. The number of carbonyl (C=O) groups is 2. The number of ketones is 1. The van der Waals surface area contributed by atoms with E-state index in [-0.39, 0.29) is 17.6 Å². The largest absolute Gasteiger partial charge is 0.494 e. The molecule has 1 fully saturated rings. The fourth-order valence-corrected chi connectivity index (χ4v) is 5.32. The average Bonchev–Trinajstić information content (AvgIpc) is 3.52. The van der Waals surface area contributed by atoms with Gasteiger partial charge in [-0.15, -0.1) is 0 Å². The second kappa shape index (κ2) is 11.6. The predicted octanol–water partition coefficient (Wildman–Crippen LogP) is 4.90. The summed E-state index contributed by atoms with van der Waals surface area (Å²) in [5.41, 5.74) is 5.88. The summed E-state index contributed by atoms with van der Waals surface area (Å²) in [5.74, 6) is -0.464. The molecule has 0 saturated carbocycles. The SMILES string of the molecule is Cc1cc(C(=O)Nc2ccc(C(=O)c3ccc4c(C=Nc5ccc(N6CCN(C)CC6)cc5)c(O)[nH]c4c3)cc2)n(C)n1. The topological polar surface area (TPSA) is 119 Å². The molecule has 2 aromatic heterocycles. The number of anilines is 2. The number of aromatic hydroxyl groups is 1. The van der Waals surface area contributed by atoms with Gasteiger partial charge in [0.25, 0.3) is 5.91 Å². The third-order valence-electron chi connectivity index (χ3n) is 7.78. The van der Waals surface area contributed by atoms with E-state index in [0.29, 0.717) is 33.6 Å². The number of carbonyl (C=O) groups excluding carboxylic acids is 2. The number of piperazine rings is 1. The summed E-state index contributed by atoms with van der Waals surface area (Å²) in [6, 6.07) is 21.8. The minimum Gasteiger partial charge on any atom is -0.494 e. The summed E-state index contributed by atoms with van der Waals surface area (Å²) in [4.78, 5) is 38.1. The first-order valence-corrected chi connectivity index (χ1v) is 14.1. The molecular formula is C33H33N7O3. The Hall–Kier alpha value is -5.22. The van der Waals surface area contributed by atoms with Crippen LogP contribution in [0.4, 0.5) is 17.1 Å². The van der Waals surface area contributed by atoms with E-state index >= 15 is 0 Å². The zero-order valence-corrected chi connectivity index (χ0v) is 24.3. The second-order valence-corrected chi connectivity index (χ2v) is 10.9. The molecule has 1 aliphatic heterocycles. The highest BCUT2D eigenvalue weighted by atomic mass is 16.3. The molecule has 3 aromatic carbocycles. The number of rotatable bonds is 7. The molecule has 10 heteroatoms. The van der Waals surface area contributed by atoms with E-state index in [1.807, 2.05) is 19.1 Å². The summed E-state index contributed by atoms with van der Waals surface area (Å²) >= 11 is 0. The Labute approximate surface area is 249 Å². The van der Waals surface area contributed by atoms with Crippen molar-refractivity contribution >= 4 is 45.9 Å². The van der Waals surface area contributed by atoms with Gasteiger partial charge in [-0.05, 0) is 74.6 Å². The maximum atomic E-state index is 13.2. The van der Waals surface area contributed by atoms with Gasteiger partial charge in [-0.3, -0.25) is 19.3 Å². The van der Waals surface area contributed by atoms with Crippen LogP contribution in [0.15, 0.2) is 77.8 Å². The molecule has 5 aromatic rings. The molecule has 3 heterocycles. The molecule has 0 bridgehead atoms. The quantitative estimate of drug-likeness (QED) is 0.188. The Kier molecular flexibility index (Phi) is 7.52. The maximum Gasteiger partial charge on any atom is 0.273 e. The number of nitrogens with zero attached hydrogens (tertiary/aromatic N) is 5. The van der Waals surface area contributed by atoms with Crippen LogP contribution in [0.1, 0.15) is 37.7 Å². The van der Waals surface area contributed by atoms with E-state index in [1.54, 1.807) is 61.8 Å². The molecular weight excluding hydrogens is 542 g/mol. The lowest BCUT2D eigenvalue weighted by atomic mass is 10.0. The fourth-order valence-electron chi connectivity index (χ4n) is 5.32. The van der Waals surface area contributed by atoms with E-state index in [0.717, 1.165) is 42.9 Å². The van der Waals surface area contributed by atoms with Gasteiger partial charge >= 0.3 is 0 Å². The van der Waals surface area contributed by atoms with Crippen molar-refractivity contribution < 1.29 is 14.7 Å². The highest BCUT2D eigenvalue weighted by Gasteiger charge is 2.16. The van der Waals surface area contributed by atoms with Gasteiger partial charge < -0.3 is 25.2 Å². The number of fused-ring (bicyclic) bond motifs is 1. The van der Waals surface area contributed by atoms with Gasteiger partial charge in [-0.1, -0.05) is 12.1 Å². The van der Waals surface area contributed by atoms with Crippen molar-refractivity contribution in [3.8, 4) is 5.88 Å². The van der Waals surface area contributed by atoms with Gasteiger partial charge in [0.1, 0.15) is 5.69 Å². The Morgan fingerprint density at radius 3 is 2.30 bits per heavy atom. The predicted molar refractivity (Wildman–Crippen MR) is 169 cm³/mol. The number of aromatic nitrogens is 3. The molecule has 6 rings (SSSR count). The van der Waals surface area contributed by atoms with E-state index in [4.69, 9.17) is 0 Å². The first-order chi connectivity index (χ1) is 20.7. The Morgan fingerprint density at radius 1 is 0.930 bits per heavy atom. The minimum atomic E-state index is -0.277. The van der Waals surface area contributed by atoms with Gasteiger partial charge in [-0.2, -0.15) is 5.10 Å². The van der Waals surface area contributed by atoms with Crippen LogP contribution >= 0.6 is 0 Å². The summed E-state index contributed by atoms with van der Waals surface area (Å²) in [7, 11) is 3.86. The molecule has 0 radical (unpaired) electrons. The van der Waals surface area contributed by atoms with Crippen LogP contribution in [0.3, 0.4) is 0 Å².